The Morgan fingerprint density at radius 3 is 2.74 bits per heavy atom. The second kappa shape index (κ2) is 7.52. The largest absolute Gasteiger partial charge is 0.367 e. The van der Waals surface area contributed by atoms with Crippen LogP contribution in [0, 0.1) is 0 Å². The fraction of sp³-hybridized carbons (Fsp3) is 0.450. The van der Waals surface area contributed by atoms with E-state index >= 15 is 0 Å². The Kier molecular flexibility index (Phi) is 4.94. The fourth-order valence-corrected chi connectivity index (χ4v) is 3.94. The summed E-state index contributed by atoms with van der Waals surface area (Å²) in [6.45, 7) is 2.93. The number of ether oxygens (including phenoxy) is 1. The number of hydrogen-bond acceptors (Lipinski definition) is 4. The van der Waals surface area contributed by atoms with E-state index in [4.69, 9.17) is 4.74 Å². The number of amides is 2. The Morgan fingerprint density at radius 2 is 1.96 bits per heavy atom. The molecule has 3 heterocycles. The lowest BCUT2D eigenvalue weighted by molar-refractivity contribution is -0.139. The van der Waals surface area contributed by atoms with Crippen LogP contribution in [0.3, 0.4) is 0 Å². The highest BCUT2D eigenvalue weighted by molar-refractivity contribution is 5.83. The molecule has 1 saturated heterocycles. The average Bonchev–Trinajstić information content (AvgIpc) is 2.71. The molecular weight excluding hydrogens is 346 g/mol. The number of nitrogens with zero attached hydrogens (tertiary/aromatic N) is 3. The van der Waals surface area contributed by atoms with Gasteiger partial charge in [-0.1, -0.05) is 18.2 Å². The summed E-state index contributed by atoms with van der Waals surface area (Å²) in [4.78, 5) is 39.1. The highest BCUT2D eigenvalue weighted by Crippen LogP contribution is 2.24. The van der Waals surface area contributed by atoms with Gasteiger partial charge in [0.25, 0.3) is 5.56 Å². The molecule has 2 amide bonds. The van der Waals surface area contributed by atoms with Crippen molar-refractivity contribution in [3.05, 3.63) is 45.7 Å². The molecule has 0 saturated carbocycles. The number of para-hydroxylation sites is 1. The zero-order valence-corrected chi connectivity index (χ0v) is 15.2. The van der Waals surface area contributed by atoms with Gasteiger partial charge in [0.1, 0.15) is 6.61 Å². The summed E-state index contributed by atoms with van der Waals surface area (Å²) < 4.78 is 7.42. The molecule has 2 aliphatic heterocycles. The first-order chi connectivity index (χ1) is 13.2. The van der Waals surface area contributed by atoms with Gasteiger partial charge in [0.2, 0.25) is 12.3 Å². The molecule has 1 fully saturated rings. The van der Waals surface area contributed by atoms with Crippen molar-refractivity contribution in [2.24, 2.45) is 0 Å². The topological polar surface area (TPSA) is 71.9 Å². The number of benzene rings is 1. The van der Waals surface area contributed by atoms with E-state index in [2.05, 4.69) is 6.07 Å². The number of carbonyl (C=O) groups excluding carboxylic acids is 2. The van der Waals surface area contributed by atoms with E-state index < -0.39 is 0 Å². The first kappa shape index (κ1) is 17.7. The van der Waals surface area contributed by atoms with Gasteiger partial charge in [0, 0.05) is 38.3 Å². The first-order valence-corrected chi connectivity index (χ1v) is 9.36. The molecule has 7 heteroatoms. The lowest BCUT2D eigenvalue weighted by atomic mass is 10.0. The summed E-state index contributed by atoms with van der Waals surface area (Å²) in [6.07, 6.45) is 2.77. The minimum atomic E-state index is -0.106. The Labute approximate surface area is 157 Å². The van der Waals surface area contributed by atoms with Gasteiger partial charge in [0.05, 0.1) is 12.1 Å². The monoisotopic (exact) mass is 369 g/mol. The molecule has 0 spiro atoms. The molecule has 27 heavy (non-hydrogen) atoms. The summed E-state index contributed by atoms with van der Waals surface area (Å²) in [5.41, 5.74) is 2.80. The molecule has 1 aromatic heterocycles. The molecule has 0 aliphatic carbocycles. The number of piperazine rings is 1. The van der Waals surface area contributed by atoms with Crippen LogP contribution in [0.2, 0.25) is 0 Å². The molecule has 142 valence electrons. The second-order valence-electron chi connectivity index (χ2n) is 7.10. The van der Waals surface area contributed by atoms with Gasteiger partial charge in [-0.3, -0.25) is 14.4 Å². The van der Waals surface area contributed by atoms with E-state index in [0.717, 1.165) is 36.7 Å². The van der Waals surface area contributed by atoms with Gasteiger partial charge in [-0.2, -0.15) is 0 Å². The quantitative estimate of drug-likeness (QED) is 0.730. The first-order valence-electron chi connectivity index (χ1n) is 9.36. The van der Waals surface area contributed by atoms with Crippen LogP contribution in [0.25, 0.3) is 10.9 Å². The van der Waals surface area contributed by atoms with E-state index in [-0.39, 0.29) is 24.7 Å². The third kappa shape index (κ3) is 3.47. The Morgan fingerprint density at radius 1 is 1.15 bits per heavy atom. The number of aromatic nitrogens is 1. The maximum atomic E-state index is 12.8. The normalized spacial score (nSPS) is 16.6. The maximum absolute atomic E-state index is 12.8. The third-order valence-electron chi connectivity index (χ3n) is 5.40. The highest BCUT2D eigenvalue weighted by atomic mass is 16.5. The molecule has 2 aliphatic rings. The van der Waals surface area contributed by atoms with Gasteiger partial charge < -0.3 is 19.1 Å². The zero-order chi connectivity index (χ0) is 18.8. The van der Waals surface area contributed by atoms with Gasteiger partial charge in [-0.25, -0.2) is 0 Å². The van der Waals surface area contributed by atoms with Crippen LogP contribution in [-0.2, 0) is 33.9 Å². The maximum Gasteiger partial charge on any atom is 0.256 e. The van der Waals surface area contributed by atoms with E-state index in [1.54, 1.807) is 9.80 Å². The summed E-state index contributed by atoms with van der Waals surface area (Å²) >= 11 is 0. The van der Waals surface area contributed by atoms with Crippen molar-refractivity contribution in [3.63, 3.8) is 0 Å². The highest BCUT2D eigenvalue weighted by Gasteiger charge is 2.21. The Hall–Kier alpha value is -2.67. The molecule has 4 rings (SSSR count). The van der Waals surface area contributed by atoms with Crippen molar-refractivity contribution in [2.75, 3.05) is 32.8 Å². The number of carbonyl (C=O) groups is 2. The van der Waals surface area contributed by atoms with E-state index in [1.807, 2.05) is 22.8 Å². The molecule has 0 bridgehead atoms. The lowest BCUT2D eigenvalue weighted by Crippen LogP contribution is -2.49. The zero-order valence-electron chi connectivity index (χ0n) is 15.2. The summed E-state index contributed by atoms with van der Waals surface area (Å²) in [5.74, 6) is -0.106. The number of hydrogen-bond donors (Lipinski definition) is 0. The average molecular weight is 369 g/mol. The second-order valence-corrected chi connectivity index (χ2v) is 7.10. The SMILES string of the molecule is O=CN1CCN(C(=O)COCc2cc3cccc4c3n(c2=O)CCC4)CC1. The van der Waals surface area contributed by atoms with Gasteiger partial charge in [0.15, 0.2) is 0 Å². The van der Waals surface area contributed by atoms with Crippen molar-refractivity contribution in [3.8, 4) is 0 Å². The van der Waals surface area contributed by atoms with Crippen LogP contribution in [0.4, 0.5) is 0 Å². The van der Waals surface area contributed by atoms with Crippen LogP contribution in [-0.4, -0.2) is 59.5 Å². The van der Waals surface area contributed by atoms with E-state index in [0.29, 0.717) is 31.7 Å². The van der Waals surface area contributed by atoms with Gasteiger partial charge in [-0.15, -0.1) is 0 Å². The predicted octanol–water partition coefficient (Wildman–Crippen LogP) is 0.765. The summed E-state index contributed by atoms with van der Waals surface area (Å²) in [5, 5.41) is 1.04. The Balaban J connectivity index is 1.43. The van der Waals surface area contributed by atoms with Crippen molar-refractivity contribution >= 4 is 23.2 Å². The van der Waals surface area contributed by atoms with E-state index in [9.17, 15) is 14.4 Å². The molecule has 0 atom stereocenters. The number of aryl methyl sites for hydroxylation is 2. The minimum absolute atomic E-state index is 0.0262. The van der Waals surface area contributed by atoms with Crippen LogP contribution in [0.1, 0.15) is 17.5 Å². The van der Waals surface area contributed by atoms with Crippen molar-refractivity contribution in [2.45, 2.75) is 26.0 Å². The van der Waals surface area contributed by atoms with Gasteiger partial charge >= 0.3 is 0 Å². The van der Waals surface area contributed by atoms with E-state index in [1.165, 1.54) is 5.56 Å². The molecule has 0 radical (unpaired) electrons. The Bertz CT molecular complexity index is 929. The van der Waals surface area contributed by atoms with Crippen LogP contribution in [0.15, 0.2) is 29.1 Å². The van der Waals surface area contributed by atoms with Crippen LogP contribution < -0.4 is 5.56 Å². The molecule has 0 N–H and O–H groups in total. The third-order valence-corrected chi connectivity index (χ3v) is 5.40. The number of pyridine rings is 1. The summed E-state index contributed by atoms with van der Waals surface area (Å²) in [7, 11) is 0. The van der Waals surface area contributed by atoms with Crippen LogP contribution >= 0.6 is 0 Å². The molecule has 7 nitrogen and oxygen atoms in total. The van der Waals surface area contributed by atoms with Crippen molar-refractivity contribution in [1.82, 2.24) is 14.4 Å². The van der Waals surface area contributed by atoms with Gasteiger partial charge in [-0.05, 0) is 29.9 Å². The fourth-order valence-electron chi connectivity index (χ4n) is 3.94. The molecular formula is C20H23N3O4. The minimum Gasteiger partial charge on any atom is -0.367 e. The smallest absolute Gasteiger partial charge is 0.256 e. The predicted molar refractivity (Wildman–Crippen MR) is 100 cm³/mol. The molecule has 1 aromatic carbocycles. The lowest BCUT2D eigenvalue weighted by Gasteiger charge is -2.32. The van der Waals surface area contributed by atoms with Crippen molar-refractivity contribution < 1.29 is 14.3 Å². The van der Waals surface area contributed by atoms with Crippen LogP contribution in [0.5, 0.6) is 0 Å². The molecule has 0 unspecified atom stereocenters. The van der Waals surface area contributed by atoms with Crippen molar-refractivity contribution in [1.29, 1.82) is 0 Å². The number of rotatable bonds is 5. The summed E-state index contributed by atoms with van der Waals surface area (Å²) in [6, 6.07) is 8.00. The molecule has 2 aromatic rings. The standard InChI is InChI=1S/C20H23N3O4/c24-14-21-7-9-22(10-8-21)18(25)13-27-12-17-11-16-4-1-3-15-5-2-6-23(19(15)16)20(17)26/h1,3-4,11,14H,2,5-10,12-13H2.